The quantitative estimate of drug-likeness (QED) is 0.589. The van der Waals surface area contributed by atoms with Crippen LogP contribution in [0.4, 0.5) is 0 Å². The zero-order valence-corrected chi connectivity index (χ0v) is 9.77. The van der Waals surface area contributed by atoms with E-state index in [0.29, 0.717) is 12.2 Å². The minimum Gasteiger partial charge on any atom is -0.464 e. The molecule has 0 amide bonds. The molecule has 1 aromatic carbocycles. The van der Waals surface area contributed by atoms with Crippen molar-refractivity contribution in [3.8, 4) is 6.07 Å². The predicted molar refractivity (Wildman–Crippen MR) is 60.0 cm³/mol. The van der Waals surface area contributed by atoms with Crippen LogP contribution in [-0.2, 0) is 14.3 Å². The Morgan fingerprint density at radius 2 is 2.18 bits per heavy atom. The first kappa shape index (κ1) is 11.6. The Kier molecular flexibility index (Phi) is 2.86. The number of hydrogen-bond acceptors (Lipinski definition) is 4. The van der Waals surface area contributed by atoms with Crippen LogP contribution in [0.15, 0.2) is 24.3 Å². The van der Waals surface area contributed by atoms with Crippen molar-refractivity contribution in [1.82, 2.24) is 0 Å². The molecule has 0 aliphatic carbocycles. The molecular weight excluding hydrogens is 218 g/mol. The van der Waals surface area contributed by atoms with Crippen LogP contribution in [0.3, 0.4) is 0 Å². The number of nitrogens with zero attached hydrogens (tertiary/aromatic N) is 1. The van der Waals surface area contributed by atoms with Gasteiger partial charge in [-0.15, -0.1) is 0 Å². The SMILES string of the molecule is CCOC(=O)C1(C)OC1c1ccc(C#N)cc1. The summed E-state index contributed by atoms with van der Waals surface area (Å²) in [4.78, 5) is 11.6. The average Bonchev–Trinajstić information content (AvgIpc) is 3.04. The van der Waals surface area contributed by atoms with E-state index in [0.717, 1.165) is 5.56 Å². The predicted octanol–water partition coefficient (Wildman–Crippen LogP) is 1.95. The summed E-state index contributed by atoms with van der Waals surface area (Å²) in [7, 11) is 0. The summed E-state index contributed by atoms with van der Waals surface area (Å²) < 4.78 is 10.4. The third kappa shape index (κ3) is 2.02. The second-order valence-electron chi connectivity index (χ2n) is 4.06. The lowest BCUT2D eigenvalue weighted by Gasteiger charge is -2.05. The summed E-state index contributed by atoms with van der Waals surface area (Å²) in [5, 5.41) is 8.69. The van der Waals surface area contributed by atoms with Crippen molar-refractivity contribution < 1.29 is 14.3 Å². The first-order chi connectivity index (χ1) is 8.11. The highest BCUT2D eigenvalue weighted by atomic mass is 16.7. The lowest BCUT2D eigenvalue weighted by atomic mass is 10.0. The molecule has 1 saturated heterocycles. The third-order valence-electron chi connectivity index (χ3n) is 2.83. The number of carbonyl (C=O) groups is 1. The number of hydrogen-bond donors (Lipinski definition) is 0. The number of benzene rings is 1. The van der Waals surface area contributed by atoms with E-state index in [9.17, 15) is 4.79 Å². The third-order valence-corrected chi connectivity index (χ3v) is 2.83. The van der Waals surface area contributed by atoms with Gasteiger partial charge in [-0.3, -0.25) is 0 Å². The number of ether oxygens (including phenoxy) is 2. The molecule has 2 unspecified atom stereocenters. The van der Waals surface area contributed by atoms with Crippen LogP contribution in [0.25, 0.3) is 0 Å². The largest absolute Gasteiger partial charge is 0.464 e. The molecular formula is C13H13NO3. The summed E-state index contributed by atoms with van der Waals surface area (Å²) in [5.41, 5.74) is 0.608. The van der Waals surface area contributed by atoms with E-state index in [1.165, 1.54) is 0 Å². The van der Waals surface area contributed by atoms with E-state index in [-0.39, 0.29) is 12.1 Å². The highest BCUT2D eigenvalue weighted by molar-refractivity contribution is 5.83. The van der Waals surface area contributed by atoms with Gasteiger partial charge >= 0.3 is 5.97 Å². The van der Waals surface area contributed by atoms with Crippen molar-refractivity contribution in [2.24, 2.45) is 0 Å². The fourth-order valence-corrected chi connectivity index (χ4v) is 1.76. The van der Waals surface area contributed by atoms with Crippen molar-refractivity contribution in [2.45, 2.75) is 25.6 Å². The molecule has 2 atom stereocenters. The molecule has 1 heterocycles. The van der Waals surface area contributed by atoms with Crippen LogP contribution in [0, 0.1) is 11.3 Å². The van der Waals surface area contributed by atoms with Crippen LogP contribution in [0.2, 0.25) is 0 Å². The van der Waals surface area contributed by atoms with Gasteiger partial charge in [-0.1, -0.05) is 12.1 Å². The maximum atomic E-state index is 11.6. The lowest BCUT2D eigenvalue weighted by Crippen LogP contribution is -2.24. The molecule has 17 heavy (non-hydrogen) atoms. The van der Waals surface area contributed by atoms with Crippen LogP contribution < -0.4 is 0 Å². The number of nitriles is 1. The lowest BCUT2D eigenvalue weighted by molar-refractivity contribution is -0.148. The van der Waals surface area contributed by atoms with Gasteiger partial charge in [0.05, 0.1) is 18.2 Å². The first-order valence-corrected chi connectivity index (χ1v) is 5.47. The van der Waals surface area contributed by atoms with E-state index >= 15 is 0 Å². The Bertz CT molecular complexity index is 474. The van der Waals surface area contributed by atoms with E-state index in [1.54, 1.807) is 38.1 Å². The molecule has 88 valence electrons. The van der Waals surface area contributed by atoms with Gasteiger partial charge in [-0.2, -0.15) is 5.26 Å². The van der Waals surface area contributed by atoms with Crippen LogP contribution >= 0.6 is 0 Å². The molecule has 2 rings (SSSR count). The Labute approximate surface area is 99.8 Å². The van der Waals surface area contributed by atoms with Gasteiger partial charge in [-0.05, 0) is 31.5 Å². The minimum atomic E-state index is -0.871. The maximum Gasteiger partial charge on any atom is 0.341 e. The van der Waals surface area contributed by atoms with Crippen molar-refractivity contribution in [3.05, 3.63) is 35.4 Å². The Balaban J connectivity index is 2.11. The van der Waals surface area contributed by atoms with Crippen molar-refractivity contribution in [3.63, 3.8) is 0 Å². The maximum absolute atomic E-state index is 11.6. The zero-order valence-electron chi connectivity index (χ0n) is 9.77. The normalized spacial score (nSPS) is 26.1. The molecule has 1 fully saturated rings. The highest BCUT2D eigenvalue weighted by Crippen LogP contribution is 2.50. The monoisotopic (exact) mass is 231 g/mol. The Morgan fingerprint density at radius 1 is 1.53 bits per heavy atom. The van der Waals surface area contributed by atoms with Gasteiger partial charge in [0.15, 0.2) is 5.60 Å². The van der Waals surface area contributed by atoms with Gasteiger partial charge in [-0.25, -0.2) is 4.79 Å². The zero-order chi connectivity index (χ0) is 12.5. The Hall–Kier alpha value is -1.86. The van der Waals surface area contributed by atoms with Crippen LogP contribution in [0.5, 0.6) is 0 Å². The van der Waals surface area contributed by atoms with E-state index in [2.05, 4.69) is 0 Å². The smallest absolute Gasteiger partial charge is 0.341 e. The summed E-state index contributed by atoms with van der Waals surface area (Å²) in [6, 6.07) is 9.07. The number of rotatable bonds is 3. The molecule has 0 spiro atoms. The topological polar surface area (TPSA) is 62.6 Å². The van der Waals surface area contributed by atoms with Gasteiger partial charge in [0.2, 0.25) is 0 Å². The van der Waals surface area contributed by atoms with Gasteiger partial charge in [0.25, 0.3) is 0 Å². The van der Waals surface area contributed by atoms with Gasteiger partial charge in [0, 0.05) is 0 Å². The fourth-order valence-electron chi connectivity index (χ4n) is 1.76. The minimum absolute atomic E-state index is 0.269. The van der Waals surface area contributed by atoms with Gasteiger partial charge in [0.1, 0.15) is 6.10 Å². The first-order valence-electron chi connectivity index (χ1n) is 5.47. The summed E-state index contributed by atoms with van der Waals surface area (Å²) in [6.07, 6.45) is -0.269. The van der Waals surface area contributed by atoms with Crippen molar-refractivity contribution >= 4 is 5.97 Å². The second-order valence-corrected chi connectivity index (χ2v) is 4.06. The van der Waals surface area contributed by atoms with Gasteiger partial charge < -0.3 is 9.47 Å². The summed E-state index contributed by atoms with van der Waals surface area (Å²) in [6.45, 7) is 3.83. The van der Waals surface area contributed by atoms with Crippen molar-refractivity contribution in [2.75, 3.05) is 6.61 Å². The molecule has 0 N–H and O–H groups in total. The number of esters is 1. The molecule has 1 aliphatic heterocycles. The molecule has 4 heteroatoms. The highest BCUT2D eigenvalue weighted by Gasteiger charge is 2.60. The number of epoxide rings is 1. The molecule has 1 aromatic rings. The average molecular weight is 231 g/mol. The Morgan fingerprint density at radius 3 is 2.71 bits per heavy atom. The van der Waals surface area contributed by atoms with Crippen LogP contribution in [-0.4, -0.2) is 18.2 Å². The molecule has 0 aromatic heterocycles. The molecule has 1 aliphatic rings. The summed E-state index contributed by atoms with van der Waals surface area (Å²) >= 11 is 0. The van der Waals surface area contributed by atoms with Crippen molar-refractivity contribution in [1.29, 1.82) is 5.26 Å². The van der Waals surface area contributed by atoms with Crippen LogP contribution in [0.1, 0.15) is 31.1 Å². The molecule has 0 bridgehead atoms. The number of carbonyl (C=O) groups excluding carboxylic acids is 1. The molecule has 4 nitrogen and oxygen atoms in total. The van der Waals surface area contributed by atoms with E-state index < -0.39 is 5.60 Å². The van der Waals surface area contributed by atoms with E-state index in [1.807, 2.05) is 6.07 Å². The van der Waals surface area contributed by atoms with E-state index in [4.69, 9.17) is 14.7 Å². The molecule has 0 radical (unpaired) electrons. The summed E-state index contributed by atoms with van der Waals surface area (Å²) in [5.74, 6) is -0.339. The molecule has 0 saturated carbocycles. The fraction of sp³-hybridized carbons (Fsp3) is 0.385. The second kappa shape index (κ2) is 4.19. The standard InChI is InChI=1S/C13H13NO3/c1-3-16-12(15)13(2)11(17-13)10-6-4-9(8-14)5-7-10/h4-7,11H,3H2,1-2H3.